The predicted octanol–water partition coefficient (Wildman–Crippen LogP) is 1.86. The third-order valence-electron chi connectivity index (χ3n) is 3.75. The molecular formula is C19H20N4O4. The standard InChI is InChI=1S/C19H20N4O4/c1-19(25,12-23-14-20-21-22-23)13-27-17-9-7-16(8-10-17)18(24)26-11-15-5-3-2-4-6-15/h2-10,14,25H,11-13H2,1H3. The summed E-state index contributed by atoms with van der Waals surface area (Å²) in [7, 11) is 0. The van der Waals surface area contributed by atoms with Gasteiger partial charge in [0.25, 0.3) is 0 Å². The molecule has 0 saturated carbocycles. The summed E-state index contributed by atoms with van der Waals surface area (Å²) >= 11 is 0. The smallest absolute Gasteiger partial charge is 0.338 e. The molecule has 3 aromatic rings. The maximum absolute atomic E-state index is 12.1. The Morgan fingerprint density at radius 2 is 1.89 bits per heavy atom. The Bertz CT molecular complexity index is 849. The van der Waals surface area contributed by atoms with E-state index in [-0.39, 0.29) is 19.8 Å². The van der Waals surface area contributed by atoms with Crippen molar-refractivity contribution < 1.29 is 19.4 Å². The van der Waals surface area contributed by atoms with Crippen molar-refractivity contribution in [2.24, 2.45) is 0 Å². The van der Waals surface area contributed by atoms with Crippen LogP contribution in [0.5, 0.6) is 5.75 Å². The molecule has 8 heteroatoms. The van der Waals surface area contributed by atoms with Gasteiger partial charge in [-0.15, -0.1) is 5.10 Å². The normalized spacial score (nSPS) is 13.0. The molecule has 0 amide bonds. The van der Waals surface area contributed by atoms with Crippen molar-refractivity contribution >= 4 is 5.97 Å². The number of carbonyl (C=O) groups excluding carboxylic acids is 1. The molecule has 0 saturated heterocycles. The monoisotopic (exact) mass is 368 g/mol. The highest BCUT2D eigenvalue weighted by atomic mass is 16.5. The first-order chi connectivity index (χ1) is 13.0. The molecule has 0 spiro atoms. The Balaban J connectivity index is 1.50. The molecule has 2 aromatic carbocycles. The number of hydrogen-bond acceptors (Lipinski definition) is 7. The van der Waals surface area contributed by atoms with E-state index >= 15 is 0 Å². The summed E-state index contributed by atoms with van der Waals surface area (Å²) in [6.07, 6.45) is 1.42. The van der Waals surface area contributed by atoms with Crippen LogP contribution in [0.1, 0.15) is 22.8 Å². The van der Waals surface area contributed by atoms with Crippen LogP contribution in [-0.2, 0) is 17.9 Å². The number of benzene rings is 2. The van der Waals surface area contributed by atoms with Crippen LogP contribution in [0.2, 0.25) is 0 Å². The van der Waals surface area contributed by atoms with Crippen molar-refractivity contribution in [1.29, 1.82) is 0 Å². The van der Waals surface area contributed by atoms with Crippen LogP contribution in [0.4, 0.5) is 0 Å². The van der Waals surface area contributed by atoms with E-state index < -0.39 is 11.6 Å². The number of ether oxygens (including phenoxy) is 2. The maximum Gasteiger partial charge on any atom is 0.338 e. The van der Waals surface area contributed by atoms with Crippen molar-refractivity contribution in [3.05, 3.63) is 72.1 Å². The summed E-state index contributed by atoms with van der Waals surface area (Å²) in [5, 5.41) is 21.1. The third-order valence-corrected chi connectivity index (χ3v) is 3.75. The number of aliphatic hydroxyl groups is 1. The largest absolute Gasteiger partial charge is 0.491 e. The van der Waals surface area contributed by atoms with Gasteiger partial charge in [-0.3, -0.25) is 0 Å². The molecule has 140 valence electrons. The van der Waals surface area contributed by atoms with Crippen LogP contribution in [0.15, 0.2) is 60.9 Å². The average molecular weight is 368 g/mol. The van der Waals surface area contributed by atoms with E-state index in [0.717, 1.165) is 5.56 Å². The Kier molecular flexibility index (Phi) is 5.77. The van der Waals surface area contributed by atoms with E-state index in [1.807, 2.05) is 30.3 Å². The third kappa shape index (κ3) is 5.61. The summed E-state index contributed by atoms with van der Waals surface area (Å²) in [6.45, 7) is 2.09. The molecule has 0 aliphatic heterocycles. The summed E-state index contributed by atoms with van der Waals surface area (Å²) in [5.41, 5.74) is 0.206. The van der Waals surface area contributed by atoms with Gasteiger partial charge < -0.3 is 14.6 Å². The molecule has 0 aliphatic rings. The van der Waals surface area contributed by atoms with Gasteiger partial charge in [0.05, 0.1) is 12.1 Å². The Labute approximate surface area is 156 Å². The quantitative estimate of drug-likeness (QED) is 0.606. The second-order valence-corrected chi connectivity index (χ2v) is 6.38. The highest BCUT2D eigenvalue weighted by molar-refractivity contribution is 5.89. The molecule has 0 bridgehead atoms. The van der Waals surface area contributed by atoms with Crippen LogP contribution >= 0.6 is 0 Å². The minimum Gasteiger partial charge on any atom is -0.491 e. The molecule has 1 atom stereocenters. The Hall–Kier alpha value is -3.26. The van der Waals surface area contributed by atoms with Crippen LogP contribution in [0.3, 0.4) is 0 Å². The lowest BCUT2D eigenvalue weighted by Gasteiger charge is -2.22. The van der Waals surface area contributed by atoms with Crippen LogP contribution in [0, 0.1) is 0 Å². The number of tetrazole rings is 1. The van der Waals surface area contributed by atoms with E-state index in [2.05, 4.69) is 15.5 Å². The lowest BCUT2D eigenvalue weighted by atomic mass is 10.1. The van der Waals surface area contributed by atoms with Gasteiger partial charge in [-0.1, -0.05) is 30.3 Å². The zero-order valence-electron chi connectivity index (χ0n) is 14.9. The molecule has 27 heavy (non-hydrogen) atoms. The number of aromatic nitrogens is 4. The molecular weight excluding hydrogens is 348 g/mol. The van der Waals surface area contributed by atoms with Gasteiger partial charge in [-0.2, -0.15) is 0 Å². The van der Waals surface area contributed by atoms with Gasteiger partial charge >= 0.3 is 5.97 Å². The van der Waals surface area contributed by atoms with Crippen molar-refractivity contribution in [2.75, 3.05) is 6.61 Å². The first-order valence-corrected chi connectivity index (χ1v) is 8.39. The second-order valence-electron chi connectivity index (χ2n) is 6.38. The van der Waals surface area contributed by atoms with Gasteiger partial charge in [-0.05, 0) is 47.2 Å². The van der Waals surface area contributed by atoms with Gasteiger partial charge in [0.2, 0.25) is 0 Å². The molecule has 1 heterocycles. The zero-order valence-corrected chi connectivity index (χ0v) is 14.9. The summed E-state index contributed by atoms with van der Waals surface area (Å²) in [4.78, 5) is 12.1. The maximum atomic E-state index is 12.1. The van der Waals surface area contributed by atoms with Crippen molar-refractivity contribution in [3.63, 3.8) is 0 Å². The predicted molar refractivity (Wildman–Crippen MR) is 95.9 cm³/mol. The molecule has 3 rings (SSSR count). The number of nitrogens with zero attached hydrogens (tertiary/aromatic N) is 4. The molecule has 0 fully saturated rings. The average Bonchev–Trinajstić information content (AvgIpc) is 3.18. The van der Waals surface area contributed by atoms with E-state index in [9.17, 15) is 9.90 Å². The van der Waals surface area contributed by atoms with Gasteiger partial charge in [0.15, 0.2) is 0 Å². The van der Waals surface area contributed by atoms with Crippen LogP contribution < -0.4 is 4.74 Å². The molecule has 1 unspecified atom stereocenters. The molecule has 0 aliphatic carbocycles. The number of esters is 1. The first-order valence-electron chi connectivity index (χ1n) is 8.39. The van der Waals surface area contributed by atoms with E-state index in [0.29, 0.717) is 11.3 Å². The highest BCUT2D eigenvalue weighted by Gasteiger charge is 2.23. The second kappa shape index (κ2) is 8.41. The summed E-state index contributed by atoms with van der Waals surface area (Å²) in [5.74, 6) is 0.127. The molecule has 1 N–H and O–H groups in total. The fourth-order valence-corrected chi connectivity index (χ4v) is 2.38. The van der Waals surface area contributed by atoms with E-state index in [1.54, 1.807) is 31.2 Å². The van der Waals surface area contributed by atoms with Crippen molar-refractivity contribution in [2.45, 2.75) is 25.7 Å². The van der Waals surface area contributed by atoms with E-state index in [1.165, 1.54) is 11.0 Å². The zero-order chi connectivity index (χ0) is 19.1. The van der Waals surface area contributed by atoms with Gasteiger partial charge in [-0.25, -0.2) is 9.48 Å². The van der Waals surface area contributed by atoms with Crippen molar-refractivity contribution in [1.82, 2.24) is 20.2 Å². The van der Waals surface area contributed by atoms with Crippen LogP contribution in [-0.4, -0.2) is 43.5 Å². The number of carbonyl (C=O) groups is 1. The van der Waals surface area contributed by atoms with Gasteiger partial charge in [0, 0.05) is 0 Å². The van der Waals surface area contributed by atoms with Crippen LogP contribution in [0.25, 0.3) is 0 Å². The highest BCUT2D eigenvalue weighted by Crippen LogP contribution is 2.16. The fourth-order valence-electron chi connectivity index (χ4n) is 2.38. The SMILES string of the molecule is CC(O)(COc1ccc(C(=O)OCc2ccccc2)cc1)Cn1cnnn1. The lowest BCUT2D eigenvalue weighted by Crippen LogP contribution is -2.37. The summed E-state index contributed by atoms with van der Waals surface area (Å²) < 4.78 is 12.3. The number of hydrogen-bond donors (Lipinski definition) is 1. The topological polar surface area (TPSA) is 99.4 Å². The minimum atomic E-state index is -1.15. The number of rotatable bonds is 8. The van der Waals surface area contributed by atoms with Gasteiger partial charge in [0.1, 0.15) is 30.9 Å². The molecule has 1 aromatic heterocycles. The Morgan fingerprint density at radius 3 is 2.56 bits per heavy atom. The minimum absolute atomic E-state index is 0.0463. The summed E-state index contributed by atoms with van der Waals surface area (Å²) in [6, 6.07) is 16.0. The fraction of sp³-hybridized carbons (Fsp3) is 0.263. The van der Waals surface area contributed by atoms with E-state index in [4.69, 9.17) is 9.47 Å². The first kappa shape index (κ1) is 18.5. The lowest BCUT2D eigenvalue weighted by molar-refractivity contribution is -0.00597. The van der Waals surface area contributed by atoms with Crippen molar-refractivity contribution in [3.8, 4) is 5.75 Å². The molecule has 0 radical (unpaired) electrons. The molecule has 8 nitrogen and oxygen atoms in total. The Morgan fingerprint density at radius 1 is 1.15 bits per heavy atom.